The first-order chi connectivity index (χ1) is 29.4. The van der Waals surface area contributed by atoms with Crippen molar-refractivity contribution in [2.45, 2.75) is 65.0 Å². The molecule has 2 N–H and O–H groups in total. The number of carbonyl (C=O) groups is 3. The fourth-order valence-electron chi connectivity index (χ4n) is 7.76. The van der Waals surface area contributed by atoms with E-state index in [9.17, 15) is 19.5 Å². The summed E-state index contributed by atoms with van der Waals surface area (Å²) in [4.78, 5) is 47.0. The molecule has 0 fully saturated rings. The Morgan fingerprint density at radius 2 is 1.62 bits per heavy atom. The van der Waals surface area contributed by atoms with Crippen LogP contribution < -0.4 is 19.5 Å². The molecule has 310 valence electrons. The number of ether oxygens (including phenoxy) is 3. The molecule has 1 aromatic heterocycles. The minimum atomic E-state index is -1.24. The van der Waals surface area contributed by atoms with Gasteiger partial charge in [0.2, 0.25) is 5.91 Å². The van der Waals surface area contributed by atoms with Crippen molar-refractivity contribution < 1.29 is 33.7 Å². The van der Waals surface area contributed by atoms with Crippen LogP contribution in [0, 0.1) is 20.8 Å². The number of amides is 2. The Kier molecular flexibility index (Phi) is 12.0. The minimum absolute atomic E-state index is 0.0547. The second kappa shape index (κ2) is 17.7. The van der Waals surface area contributed by atoms with Gasteiger partial charge < -0.3 is 29.5 Å². The van der Waals surface area contributed by atoms with Gasteiger partial charge in [-0.25, -0.2) is 4.79 Å². The third-order valence-corrected chi connectivity index (χ3v) is 12.0. The standard InChI is InChI=1S/C49H43Cl2N3O7/c1-28-5-4-6-35(19-28)48(56)54-25-37-24-45-44(60-27-46(61-45)34-12-14-38(15-13-34)59-26-32-9-16-40(50)41(51)20-32)23-36(37)22-43(54)47(55)53-42(49(57)58)21-31-7-10-33(11-8-31)39-17-18-52-30(3)29(39)2/h4-20,23-24,42-43,46H,21-22,25-27H2,1-3H3,(H,53,55)(H,57,58)/t42-,43-,46+/m0/s1. The van der Waals surface area contributed by atoms with Crippen LogP contribution in [0.15, 0.2) is 115 Å². The molecule has 61 heavy (non-hydrogen) atoms. The first kappa shape index (κ1) is 41.4. The Morgan fingerprint density at radius 3 is 2.36 bits per heavy atom. The van der Waals surface area contributed by atoms with Gasteiger partial charge in [0.1, 0.15) is 31.0 Å². The van der Waals surface area contributed by atoms with Gasteiger partial charge in [0.15, 0.2) is 17.6 Å². The molecule has 3 heterocycles. The molecule has 2 amide bonds. The van der Waals surface area contributed by atoms with Gasteiger partial charge in [-0.05, 0) is 120 Å². The molecule has 0 saturated heterocycles. The molecular formula is C49H43Cl2N3O7. The number of halogens is 2. The predicted octanol–water partition coefficient (Wildman–Crippen LogP) is 9.45. The lowest BCUT2D eigenvalue weighted by atomic mass is 9.91. The molecule has 6 aromatic rings. The summed E-state index contributed by atoms with van der Waals surface area (Å²) >= 11 is 12.2. The maximum atomic E-state index is 14.2. The van der Waals surface area contributed by atoms with E-state index in [-0.39, 0.29) is 31.9 Å². The van der Waals surface area contributed by atoms with Gasteiger partial charge in [-0.1, -0.05) is 83.4 Å². The zero-order valence-corrected chi connectivity index (χ0v) is 35.3. The van der Waals surface area contributed by atoms with E-state index in [4.69, 9.17) is 37.4 Å². The summed E-state index contributed by atoms with van der Waals surface area (Å²) in [5, 5.41) is 14.0. The number of aromatic nitrogens is 1. The summed E-state index contributed by atoms with van der Waals surface area (Å²) in [7, 11) is 0. The molecule has 10 nitrogen and oxygen atoms in total. The summed E-state index contributed by atoms with van der Waals surface area (Å²) < 4.78 is 18.7. The average molecular weight is 857 g/mol. The Bertz CT molecular complexity index is 2630. The highest BCUT2D eigenvalue weighted by Crippen LogP contribution is 2.41. The Morgan fingerprint density at radius 1 is 0.869 bits per heavy atom. The molecular weight excluding hydrogens is 813 g/mol. The number of pyridine rings is 1. The fourth-order valence-corrected chi connectivity index (χ4v) is 8.08. The van der Waals surface area contributed by atoms with Crippen LogP contribution in [0.5, 0.6) is 17.2 Å². The normalized spacial score (nSPS) is 16.0. The third-order valence-electron chi connectivity index (χ3n) is 11.3. The number of hydrogen-bond acceptors (Lipinski definition) is 7. The number of benzene rings is 5. The van der Waals surface area contributed by atoms with Gasteiger partial charge in [-0.2, -0.15) is 0 Å². The van der Waals surface area contributed by atoms with Gasteiger partial charge in [-0.15, -0.1) is 0 Å². The van der Waals surface area contributed by atoms with E-state index in [1.54, 1.807) is 36.5 Å². The highest BCUT2D eigenvalue weighted by Gasteiger charge is 2.38. The summed E-state index contributed by atoms with van der Waals surface area (Å²) in [6.07, 6.45) is 1.56. The van der Waals surface area contributed by atoms with Gasteiger partial charge in [0, 0.05) is 36.8 Å². The predicted molar refractivity (Wildman–Crippen MR) is 234 cm³/mol. The summed E-state index contributed by atoms with van der Waals surface area (Å²) in [6, 6.07) is 31.3. The van der Waals surface area contributed by atoms with Gasteiger partial charge >= 0.3 is 5.97 Å². The number of carbonyl (C=O) groups excluding carboxylic acids is 2. The van der Waals surface area contributed by atoms with E-state index in [0.29, 0.717) is 39.5 Å². The van der Waals surface area contributed by atoms with Gasteiger partial charge in [0.05, 0.1) is 10.0 Å². The lowest BCUT2D eigenvalue weighted by Crippen LogP contribution is -2.56. The SMILES string of the molecule is Cc1cccc(C(=O)N2Cc3cc4c(cc3C[C@H]2C(=O)N[C@@H](Cc2ccc(-c3ccnc(C)c3C)cc2)C(=O)O)OC[C@H](c2ccc(OCc3ccc(Cl)c(Cl)c3)cc2)O4)c1. The molecule has 0 spiro atoms. The monoisotopic (exact) mass is 855 g/mol. The van der Waals surface area contributed by atoms with Crippen LogP contribution in [0.1, 0.15) is 61.1 Å². The number of fused-ring (bicyclic) bond motifs is 2. The number of aryl methyl sites for hydroxylation is 2. The van der Waals surface area contributed by atoms with Gasteiger partial charge in [-0.3, -0.25) is 14.6 Å². The Hall–Kier alpha value is -6.36. The van der Waals surface area contributed by atoms with Crippen LogP contribution in [0.2, 0.25) is 10.0 Å². The molecule has 5 aromatic carbocycles. The van der Waals surface area contributed by atoms with Crippen LogP contribution in [-0.2, 0) is 35.6 Å². The molecule has 0 unspecified atom stereocenters. The smallest absolute Gasteiger partial charge is 0.326 e. The van der Waals surface area contributed by atoms with E-state index in [2.05, 4.69) is 10.3 Å². The van der Waals surface area contributed by atoms with E-state index in [1.165, 1.54) is 4.90 Å². The molecule has 2 aliphatic heterocycles. The average Bonchev–Trinajstić information content (AvgIpc) is 3.26. The van der Waals surface area contributed by atoms with Crippen LogP contribution in [0.3, 0.4) is 0 Å². The number of nitrogens with one attached hydrogen (secondary N) is 1. The van der Waals surface area contributed by atoms with Crippen LogP contribution in [-0.4, -0.2) is 51.5 Å². The zero-order valence-electron chi connectivity index (χ0n) is 33.8. The molecule has 0 radical (unpaired) electrons. The number of carboxylic acids is 1. The number of nitrogens with zero attached hydrogens (tertiary/aromatic N) is 2. The highest BCUT2D eigenvalue weighted by molar-refractivity contribution is 6.42. The van der Waals surface area contributed by atoms with E-state index in [1.807, 2.05) is 99.6 Å². The summed E-state index contributed by atoms with van der Waals surface area (Å²) in [6.45, 7) is 6.55. The quantitative estimate of drug-likeness (QED) is 0.132. The lowest BCUT2D eigenvalue weighted by molar-refractivity contribution is -0.142. The second-order valence-corrected chi connectivity index (χ2v) is 16.3. The Labute approximate surface area is 364 Å². The molecule has 3 atom stereocenters. The molecule has 8 rings (SSSR count). The van der Waals surface area contributed by atoms with Crippen molar-refractivity contribution >= 4 is 41.0 Å². The van der Waals surface area contributed by atoms with Crippen molar-refractivity contribution in [2.24, 2.45) is 0 Å². The fraction of sp³-hybridized carbons (Fsp3) is 0.224. The number of rotatable bonds is 11. The maximum absolute atomic E-state index is 14.2. The Balaban J connectivity index is 0.991. The van der Waals surface area contributed by atoms with E-state index in [0.717, 1.165) is 55.8 Å². The molecule has 0 saturated carbocycles. The largest absolute Gasteiger partial charge is 0.489 e. The first-order valence-corrected chi connectivity index (χ1v) is 20.7. The van der Waals surface area contributed by atoms with Crippen molar-refractivity contribution in [1.29, 1.82) is 0 Å². The summed E-state index contributed by atoms with van der Waals surface area (Å²) in [5.41, 5.74) is 9.49. The third kappa shape index (κ3) is 9.21. The second-order valence-electron chi connectivity index (χ2n) is 15.5. The van der Waals surface area contributed by atoms with Crippen molar-refractivity contribution in [1.82, 2.24) is 15.2 Å². The topological polar surface area (TPSA) is 127 Å². The molecule has 0 aliphatic carbocycles. The van der Waals surface area contributed by atoms with Crippen LogP contribution >= 0.6 is 23.2 Å². The molecule has 0 bridgehead atoms. The van der Waals surface area contributed by atoms with E-state index >= 15 is 0 Å². The lowest BCUT2D eigenvalue weighted by Gasteiger charge is -2.37. The van der Waals surface area contributed by atoms with Crippen molar-refractivity contribution in [3.63, 3.8) is 0 Å². The van der Waals surface area contributed by atoms with Crippen molar-refractivity contribution in [2.75, 3.05) is 6.61 Å². The van der Waals surface area contributed by atoms with Crippen LogP contribution in [0.25, 0.3) is 11.1 Å². The van der Waals surface area contributed by atoms with Crippen LogP contribution in [0.4, 0.5) is 0 Å². The number of carboxylic acid groups (broad SMARTS) is 1. The number of hydrogen-bond donors (Lipinski definition) is 2. The zero-order chi connectivity index (χ0) is 42.8. The minimum Gasteiger partial charge on any atom is -0.489 e. The number of aliphatic carboxylic acids is 1. The van der Waals surface area contributed by atoms with Crippen molar-refractivity contribution in [3.8, 4) is 28.4 Å². The van der Waals surface area contributed by atoms with Crippen molar-refractivity contribution in [3.05, 3.63) is 176 Å². The highest BCUT2D eigenvalue weighted by atomic mass is 35.5. The first-order valence-electron chi connectivity index (χ1n) is 19.9. The van der Waals surface area contributed by atoms with E-state index < -0.39 is 30.1 Å². The molecule has 2 aliphatic rings. The van der Waals surface area contributed by atoms with Gasteiger partial charge in [0.25, 0.3) is 5.91 Å². The molecule has 12 heteroatoms. The summed E-state index contributed by atoms with van der Waals surface area (Å²) in [5.74, 6) is -0.352. The maximum Gasteiger partial charge on any atom is 0.326 e.